The van der Waals surface area contributed by atoms with E-state index in [4.69, 9.17) is 30.3 Å². The number of rotatable bonds is 7. The van der Waals surface area contributed by atoms with Gasteiger partial charge in [-0.2, -0.15) is 15.1 Å². The average molecular weight is 411 g/mol. The number of aromatic nitrogens is 4. The summed E-state index contributed by atoms with van der Waals surface area (Å²) in [4.78, 5) is 27.9. The molecule has 1 aliphatic rings. The average Bonchev–Trinajstić information content (AvgIpc) is 3.08. The predicted octanol–water partition coefficient (Wildman–Crippen LogP) is 0.262. The van der Waals surface area contributed by atoms with Crippen LogP contribution in [0.2, 0.25) is 0 Å². The van der Waals surface area contributed by atoms with Crippen LogP contribution in [-0.4, -0.2) is 87.2 Å². The Bertz CT molecular complexity index is 728. The molecule has 0 aliphatic carbocycles. The molecule has 0 bridgehead atoms. The summed E-state index contributed by atoms with van der Waals surface area (Å²) >= 11 is 0. The van der Waals surface area contributed by atoms with Crippen LogP contribution in [0.1, 0.15) is 19.3 Å². The fourth-order valence-corrected chi connectivity index (χ4v) is 2.79. The fraction of sp³-hybridized carbons (Fsp3) is 0.588. The summed E-state index contributed by atoms with van der Waals surface area (Å²) in [7, 11) is 1.85. The number of aryl methyl sites for hydroxylation is 1. The summed E-state index contributed by atoms with van der Waals surface area (Å²) in [5, 5.41) is 22.0. The number of nitrogens with zero attached hydrogens (tertiary/aromatic N) is 5. The number of hydrogen-bond acceptors (Lipinski definition) is 9. The molecule has 1 saturated heterocycles. The molecule has 1 fully saturated rings. The zero-order valence-corrected chi connectivity index (χ0v) is 16.5. The molecule has 12 nitrogen and oxygen atoms in total. The van der Waals surface area contributed by atoms with E-state index in [9.17, 15) is 0 Å². The van der Waals surface area contributed by atoms with Gasteiger partial charge in [0.25, 0.3) is 12.9 Å². The fourth-order valence-electron chi connectivity index (χ4n) is 2.79. The number of carboxylic acid groups (broad SMARTS) is 2. The molecule has 12 heteroatoms. The van der Waals surface area contributed by atoms with Gasteiger partial charge in [0.1, 0.15) is 5.82 Å². The third kappa shape index (κ3) is 8.70. The van der Waals surface area contributed by atoms with Crippen LogP contribution >= 0.6 is 0 Å². The Morgan fingerprint density at radius 2 is 1.83 bits per heavy atom. The third-order valence-corrected chi connectivity index (χ3v) is 4.16. The molecule has 0 spiro atoms. The monoisotopic (exact) mass is 411 g/mol. The minimum atomic E-state index is -0.250. The van der Waals surface area contributed by atoms with Crippen molar-refractivity contribution in [3.05, 3.63) is 6.20 Å². The second-order valence-electron chi connectivity index (χ2n) is 6.09. The van der Waals surface area contributed by atoms with Crippen LogP contribution < -0.4 is 11.1 Å². The molecule has 3 rings (SSSR count). The van der Waals surface area contributed by atoms with Gasteiger partial charge >= 0.3 is 0 Å². The second kappa shape index (κ2) is 14.1. The van der Waals surface area contributed by atoms with Gasteiger partial charge in [0.2, 0.25) is 5.95 Å². The van der Waals surface area contributed by atoms with Crippen LogP contribution in [-0.2, 0) is 21.4 Å². The van der Waals surface area contributed by atoms with Crippen molar-refractivity contribution in [2.75, 3.05) is 50.4 Å². The number of morpholine rings is 1. The van der Waals surface area contributed by atoms with E-state index in [2.05, 4.69) is 25.3 Å². The summed E-state index contributed by atoms with van der Waals surface area (Å²) in [6, 6.07) is 0. The van der Waals surface area contributed by atoms with Crippen LogP contribution in [0.15, 0.2) is 6.20 Å². The van der Waals surface area contributed by atoms with Gasteiger partial charge in [0, 0.05) is 26.7 Å². The number of hydrogen-bond donors (Lipinski definition) is 4. The van der Waals surface area contributed by atoms with Gasteiger partial charge < -0.3 is 26.0 Å². The Morgan fingerprint density at radius 3 is 2.48 bits per heavy atom. The third-order valence-electron chi connectivity index (χ3n) is 4.16. The number of fused-ring (bicyclic) bond motifs is 1. The summed E-state index contributed by atoms with van der Waals surface area (Å²) in [6.45, 7) is 5.39. The highest BCUT2D eigenvalue weighted by Gasteiger charge is 2.10. The Morgan fingerprint density at radius 1 is 1.17 bits per heavy atom. The maximum Gasteiger partial charge on any atom is 0.290 e. The molecule has 162 valence electrons. The van der Waals surface area contributed by atoms with E-state index >= 15 is 0 Å². The summed E-state index contributed by atoms with van der Waals surface area (Å²) in [6.07, 6.45) is 5.19. The van der Waals surface area contributed by atoms with E-state index in [1.54, 1.807) is 10.9 Å². The first-order chi connectivity index (χ1) is 14.1. The van der Waals surface area contributed by atoms with E-state index < -0.39 is 0 Å². The Balaban J connectivity index is 0.000000626. The maximum atomic E-state index is 8.36. The first-order valence-electron chi connectivity index (χ1n) is 9.22. The van der Waals surface area contributed by atoms with Crippen molar-refractivity contribution in [2.24, 2.45) is 7.05 Å². The topological polar surface area (TPSA) is 169 Å². The van der Waals surface area contributed by atoms with Gasteiger partial charge in [-0.1, -0.05) is 6.42 Å². The van der Waals surface area contributed by atoms with E-state index in [1.165, 1.54) is 12.8 Å². The molecule has 29 heavy (non-hydrogen) atoms. The standard InChI is InChI=1S/C15H25N7O.2CH2O2/c1-21-14-12(11-18-21)13(16)19-15(20-14)17-5-3-2-4-6-22-7-9-23-10-8-22;2*2-1-3/h11H,2-10H2,1H3,(H3,16,17,19,20);2*1H,(H,2,3). The number of carbonyl (C=O) groups is 2. The molecule has 0 aromatic carbocycles. The van der Waals surface area contributed by atoms with Crippen molar-refractivity contribution in [2.45, 2.75) is 19.3 Å². The normalized spacial score (nSPS) is 13.6. The molecule has 5 N–H and O–H groups in total. The molecule has 0 radical (unpaired) electrons. The summed E-state index contributed by atoms with van der Waals surface area (Å²) in [5.41, 5.74) is 6.70. The van der Waals surface area contributed by atoms with Crippen LogP contribution in [0.3, 0.4) is 0 Å². The number of nitrogens with one attached hydrogen (secondary N) is 1. The highest BCUT2D eigenvalue weighted by atomic mass is 16.5. The molecule has 3 heterocycles. The van der Waals surface area contributed by atoms with E-state index in [0.29, 0.717) is 11.8 Å². The van der Waals surface area contributed by atoms with Crippen molar-refractivity contribution >= 4 is 35.7 Å². The highest BCUT2D eigenvalue weighted by molar-refractivity contribution is 5.86. The summed E-state index contributed by atoms with van der Waals surface area (Å²) in [5.74, 6) is 1.05. The lowest BCUT2D eigenvalue weighted by Gasteiger charge is -2.26. The quantitative estimate of drug-likeness (QED) is 0.364. The van der Waals surface area contributed by atoms with E-state index in [1.807, 2.05) is 7.05 Å². The number of ether oxygens (including phenoxy) is 1. The smallest absolute Gasteiger partial charge is 0.290 e. The van der Waals surface area contributed by atoms with Gasteiger partial charge in [-0.25, -0.2) is 0 Å². The van der Waals surface area contributed by atoms with Crippen LogP contribution in [0.4, 0.5) is 11.8 Å². The zero-order valence-electron chi connectivity index (χ0n) is 16.5. The summed E-state index contributed by atoms with van der Waals surface area (Å²) < 4.78 is 7.06. The maximum absolute atomic E-state index is 8.36. The molecule has 0 atom stereocenters. The molecule has 0 amide bonds. The molecule has 0 unspecified atom stereocenters. The van der Waals surface area contributed by atoms with Crippen molar-refractivity contribution in [1.29, 1.82) is 0 Å². The van der Waals surface area contributed by atoms with Gasteiger partial charge in [-0.15, -0.1) is 0 Å². The van der Waals surface area contributed by atoms with Crippen molar-refractivity contribution in [1.82, 2.24) is 24.6 Å². The highest BCUT2D eigenvalue weighted by Crippen LogP contribution is 2.18. The number of nitrogens with two attached hydrogens (primary N) is 1. The lowest BCUT2D eigenvalue weighted by atomic mass is 10.2. The van der Waals surface area contributed by atoms with Gasteiger partial charge in [-0.3, -0.25) is 19.2 Å². The first kappa shape index (κ1) is 24.0. The number of nitrogen functional groups attached to an aromatic ring is 1. The lowest BCUT2D eigenvalue weighted by Crippen LogP contribution is -2.36. The molecule has 1 aliphatic heterocycles. The van der Waals surface area contributed by atoms with E-state index in [-0.39, 0.29) is 12.9 Å². The first-order valence-corrected chi connectivity index (χ1v) is 9.22. The molecule has 2 aromatic rings. The largest absolute Gasteiger partial charge is 0.483 e. The molecule has 0 saturated carbocycles. The second-order valence-corrected chi connectivity index (χ2v) is 6.09. The number of anilines is 2. The molecule has 2 aromatic heterocycles. The Labute approximate surface area is 168 Å². The zero-order chi connectivity index (χ0) is 21.5. The van der Waals surface area contributed by atoms with Gasteiger partial charge in [0.05, 0.1) is 24.8 Å². The van der Waals surface area contributed by atoms with Crippen molar-refractivity contribution in [3.63, 3.8) is 0 Å². The van der Waals surface area contributed by atoms with E-state index in [0.717, 1.165) is 56.8 Å². The predicted molar refractivity (Wildman–Crippen MR) is 108 cm³/mol. The van der Waals surface area contributed by atoms with Crippen LogP contribution in [0, 0.1) is 0 Å². The lowest BCUT2D eigenvalue weighted by molar-refractivity contribution is -0.123. The molecular formula is C17H29N7O5. The van der Waals surface area contributed by atoms with Crippen molar-refractivity contribution in [3.8, 4) is 0 Å². The van der Waals surface area contributed by atoms with Crippen LogP contribution in [0.5, 0.6) is 0 Å². The van der Waals surface area contributed by atoms with Gasteiger partial charge in [0.15, 0.2) is 5.65 Å². The van der Waals surface area contributed by atoms with Gasteiger partial charge in [-0.05, 0) is 19.4 Å². The molecular weight excluding hydrogens is 382 g/mol. The Hall–Kier alpha value is -2.99. The minimum Gasteiger partial charge on any atom is -0.483 e. The SMILES string of the molecule is Cn1ncc2c(N)nc(NCCCCCN3CCOCC3)nc21.O=CO.O=CO. The minimum absolute atomic E-state index is 0.250. The number of unbranched alkanes of at least 4 members (excludes halogenated alkanes) is 2. The van der Waals surface area contributed by atoms with Crippen molar-refractivity contribution < 1.29 is 24.5 Å². The van der Waals surface area contributed by atoms with Crippen LogP contribution in [0.25, 0.3) is 11.0 Å². The Kier molecular flexibility index (Phi) is 11.7.